The van der Waals surface area contributed by atoms with Crippen molar-refractivity contribution >= 4 is 0 Å². The zero-order chi connectivity index (χ0) is 12.1. The zero-order valence-corrected chi connectivity index (χ0v) is 10.7. The van der Waals surface area contributed by atoms with Crippen molar-refractivity contribution in [1.82, 2.24) is 5.32 Å². The molecule has 1 aliphatic carbocycles. The number of nitrogens with one attached hydrogen (secondary N) is 1. The predicted molar refractivity (Wildman–Crippen MR) is 68.9 cm³/mol. The second-order valence-electron chi connectivity index (χ2n) is 4.51. The molecule has 3 heteroatoms. The Morgan fingerprint density at radius 1 is 1.29 bits per heavy atom. The molecule has 1 saturated carbocycles. The van der Waals surface area contributed by atoms with Crippen LogP contribution >= 0.6 is 0 Å². The lowest BCUT2D eigenvalue weighted by Crippen LogP contribution is -2.24. The first-order valence-corrected chi connectivity index (χ1v) is 6.31. The van der Waals surface area contributed by atoms with Gasteiger partial charge in [-0.25, -0.2) is 0 Å². The molecule has 1 aromatic carbocycles. The van der Waals surface area contributed by atoms with E-state index in [2.05, 4.69) is 17.4 Å². The summed E-state index contributed by atoms with van der Waals surface area (Å²) in [5.41, 5.74) is 1.29. The Morgan fingerprint density at radius 3 is 2.71 bits per heavy atom. The minimum atomic E-state index is 0.392. The maximum absolute atomic E-state index is 5.95. The van der Waals surface area contributed by atoms with Gasteiger partial charge in [-0.2, -0.15) is 0 Å². The smallest absolute Gasteiger partial charge is 0.161 e. The summed E-state index contributed by atoms with van der Waals surface area (Å²) < 4.78 is 11.3. The molecule has 0 amide bonds. The molecule has 1 fully saturated rings. The fraction of sp³-hybridized carbons (Fsp3) is 0.571. The number of hydrogen-bond donors (Lipinski definition) is 1. The van der Waals surface area contributed by atoms with Gasteiger partial charge in [0.15, 0.2) is 11.5 Å². The molecule has 0 unspecified atom stereocenters. The second kappa shape index (κ2) is 5.92. The van der Waals surface area contributed by atoms with Gasteiger partial charge >= 0.3 is 0 Å². The molecule has 2 rings (SSSR count). The van der Waals surface area contributed by atoms with E-state index in [-0.39, 0.29) is 0 Å². The number of likely N-dealkylation sites (N-methyl/N-ethyl adjacent to an activating group) is 1. The molecule has 0 aliphatic heterocycles. The van der Waals surface area contributed by atoms with Crippen LogP contribution in [-0.2, 0) is 6.42 Å². The standard InChI is InChI=1S/C14H21NO2/c1-15-9-8-11-6-7-13(16-2)14(10-11)17-12-4-3-5-12/h6-7,10,12,15H,3-5,8-9H2,1-2H3. The van der Waals surface area contributed by atoms with Crippen molar-refractivity contribution in [3.05, 3.63) is 23.8 Å². The molecule has 0 spiro atoms. The van der Waals surface area contributed by atoms with Crippen LogP contribution in [0, 0.1) is 0 Å². The maximum atomic E-state index is 5.95. The fourth-order valence-electron chi connectivity index (χ4n) is 1.91. The summed E-state index contributed by atoms with van der Waals surface area (Å²) in [5.74, 6) is 1.73. The summed E-state index contributed by atoms with van der Waals surface area (Å²) in [7, 11) is 3.66. The first-order valence-electron chi connectivity index (χ1n) is 6.31. The van der Waals surface area contributed by atoms with Crippen molar-refractivity contribution in [2.24, 2.45) is 0 Å². The van der Waals surface area contributed by atoms with Gasteiger partial charge < -0.3 is 14.8 Å². The van der Waals surface area contributed by atoms with Gasteiger partial charge in [0.1, 0.15) is 0 Å². The van der Waals surface area contributed by atoms with Crippen LogP contribution < -0.4 is 14.8 Å². The van der Waals surface area contributed by atoms with Crippen molar-refractivity contribution in [1.29, 1.82) is 0 Å². The summed E-state index contributed by atoms with van der Waals surface area (Å²) in [6, 6.07) is 6.21. The third kappa shape index (κ3) is 3.13. The molecule has 1 aromatic rings. The normalized spacial score (nSPS) is 15.4. The monoisotopic (exact) mass is 235 g/mol. The average Bonchev–Trinajstić information content (AvgIpc) is 2.31. The third-order valence-electron chi connectivity index (χ3n) is 3.24. The summed E-state index contributed by atoms with van der Waals surface area (Å²) in [6.45, 7) is 0.981. The van der Waals surface area contributed by atoms with Crippen molar-refractivity contribution < 1.29 is 9.47 Å². The summed E-state index contributed by atoms with van der Waals surface area (Å²) in [6.07, 6.45) is 5.03. The van der Waals surface area contributed by atoms with E-state index in [9.17, 15) is 0 Å². The highest BCUT2D eigenvalue weighted by molar-refractivity contribution is 5.43. The molecular formula is C14H21NO2. The van der Waals surface area contributed by atoms with E-state index in [1.807, 2.05) is 13.1 Å². The number of benzene rings is 1. The fourth-order valence-corrected chi connectivity index (χ4v) is 1.91. The molecular weight excluding hydrogens is 214 g/mol. The van der Waals surface area contributed by atoms with E-state index in [1.165, 1.54) is 24.8 Å². The third-order valence-corrected chi connectivity index (χ3v) is 3.24. The van der Waals surface area contributed by atoms with Crippen LogP contribution in [0.15, 0.2) is 18.2 Å². The molecule has 0 saturated heterocycles. The molecule has 0 aromatic heterocycles. The van der Waals surface area contributed by atoms with Crippen molar-refractivity contribution in [3.8, 4) is 11.5 Å². The van der Waals surface area contributed by atoms with Crippen LogP contribution in [-0.4, -0.2) is 26.8 Å². The van der Waals surface area contributed by atoms with Crippen LogP contribution in [0.5, 0.6) is 11.5 Å². The van der Waals surface area contributed by atoms with Gasteiger partial charge in [0.2, 0.25) is 0 Å². The van der Waals surface area contributed by atoms with E-state index in [0.29, 0.717) is 6.10 Å². The average molecular weight is 235 g/mol. The molecule has 3 nitrogen and oxygen atoms in total. The molecule has 0 heterocycles. The lowest BCUT2D eigenvalue weighted by Gasteiger charge is -2.27. The largest absolute Gasteiger partial charge is 0.493 e. The number of methoxy groups -OCH3 is 1. The second-order valence-corrected chi connectivity index (χ2v) is 4.51. The first kappa shape index (κ1) is 12.2. The minimum Gasteiger partial charge on any atom is -0.493 e. The number of hydrogen-bond acceptors (Lipinski definition) is 3. The lowest BCUT2D eigenvalue weighted by atomic mass is 9.96. The minimum absolute atomic E-state index is 0.392. The van der Waals surface area contributed by atoms with Gasteiger partial charge in [0, 0.05) is 0 Å². The van der Waals surface area contributed by atoms with Gasteiger partial charge in [-0.05, 0) is 57.0 Å². The molecule has 1 aliphatic rings. The van der Waals surface area contributed by atoms with E-state index in [1.54, 1.807) is 7.11 Å². The molecule has 0 atom stereocenters. The predicted octanol–water partition coefficient (Wildman–Crippen LogP) is 2.39. The van der Waals surface area contributed by atoms with Crippen LogP contribution in [0.25, 0.3) is 0 Å². The Hall–Kier alpha value is -1.22. The summed E-state index contributed by atoms with van der Waals surface area (Å²) in [4.78, 5) is 0. The summed E-state index contributed by atoms with van der Waals surface area (Å²) >= 11 is 0. The highest BCUT2D eigenvalue weighted by Gasteiger charge is 2.20. The van der Waals surface area contributed by atoms with Crippen molar-refractivity contribution in [2.75, 3.05) is 20.7 Å². The van der Waals surface area contributed by atoms with Gasteiger partial charge in [-0.15, -0.1) is 0 Å². The summed E-state index contributed by atoms with van der Waals surface area (Å²) in [5, 5.41) is 3.16. The molecule has 0 bridgehead atoms. The maximum Gasteiger partial charge on any atom is 0.161 e. The molecule has 17 heavy (non-hydrogen) atoms. The van der Waals surface area contributed by atoms with E-state index < -0.39 is 0 Å². The van der Waals surface area contributed by atoms with E-state index in [4.69, 9.17) is 9.47 Å². The van der Waals surface area contributed by atoms with Crippen LogP contribution in [0.2, 0.25) is 0 Å². The Morgan fingerprint density at radius 2 is 2.12 bits per heavy atom. The Balaban J connectivity index is 2.07. The van der Waals surface area contributed by atoms with E-state index in [0.717, 1.165) is 24.5 Å². The quantitative estimate of drug-likeness (QED) is 0.821. The van der Waals surface area contributed by atoms with Crippen LogP contribution in [0.4, 0.5) is 0 Å². The zero-order valence-electron chi connectivity index (χ0n) is 10.7. The van der Waals surface area contributed by atoms with E-state index >= 15 is 0 Å². The lowest BCUT2D eigenvalue weighted by molar-refractivity contribution is 0.116. The van der Waals surface area contributed by atoms with Crippen molar-refractivity contribution in [3.63, 3.8) is 0 Å². The number of rotatable bonds is 6. The number of ether oxygens (including phenoxy) is 2. The Kier molecular flexibility index (Phi) is 4.26. The van der Waals surface area contributed by atoms with Crippen LogP contribution in [0.1, 0.15) is 24.8 Å². The van der Waals surface area contributed by atoms with Crippen LogP contribution in [0.3, 0.4) is 0 Å². The molecule has 0 radical (unpaired) electrons. The van der Waals surface area contributed by atoms with Gasteiger partial charge in [-0.3, -0.25) is 0 Å². The molecule has 94 valence electrons. The van der Waals surface area contributed by atoms with Gasteiger partial charge in [0.05, 0.1) is 13.2 Å². The highest BCUT2D eigenvalue weighted by Crippen LogP contribution is 2.33. The highest BCUT2D eigenvalue weighted by atomic mass is 16.5. The van der Waals surface area contributed by atoms with Gasteiger partial charge in [0.25, 0.3) is 0 Å². The topological polar surface area (TPSA) is 30.5 Å². The first-order chi connectivity index (χ1) is 8.33. The van der Waals surface area contributed by atoms with Gasteiger partial charge in [-0.1, -0.05) is 6.07 Å². The Labute approximate surface area is 103 Å². The SMILES string of the molecule is CNCCc1ccc(OC)c(OC2CCC2)c1. The Bertz CT molecular complexity index is 361. The molecule has 1 N–H and O–H groups in total. The van der Waals surface area contributed by atoms with Crippen molar-refractivity contribution in [2.45, 2.75) is 31.8 Å².